The lowest BCUT2D eigenvalue weighted by atomic mass is 9.94. The molecule has 0 fully saturated rings. The number of hydrogen-bond donors (Lipinski definition) is 1. The molecule has 0 radical (unpaired) electrons. The third-order valence-electron chi connectivity index (χ3n) is 2.85. The van der Waals surface area contributed by atoms with Crippen LogP contribution in [0, 0.1) is 5.92 Å². The largest absolute Gasteiger partial charge is 0.460 e. The van der Waals surface area contributed by atoms with Crippen LogP contribution in [-0.4, -0.2) is 35.8 Å². The van der Waals surface area contributed by atoms with Crippen molar-refractivity contribution in [2.75, 3.05) is 0 Å². The molecule has 0 rings (SSSR count). The molecule has 1 atom stereocenters. The molecule has 0 bridgehead atoms. The van der Waals surface area contributed by atoms with Gasteiger partial charge in [-0.1, -0.05) is 13.8 Å². The molecule has 2 N–H and O–H groups in total. The van der Waals surface area contributed by atoms with E-state index in [2.05, 4.69) is 0 Å². The average Bonchev–Trinajstić information content (AvgIpc) is 2.23. The van der Waals surface area contributed by atoms with Gasteiger partial charge in [0.2, 0.25) is 0 Å². The van der Waals surface area contributed by atoms with Crippen molar-refractivity contribution in [3.8, 4) is 0 Å². The van der Waals surface area contributed by atoms with Crippen molar-refractivity contribution in [3.05, 3.63) is 0 Å². The third kappa shape index (κ3) is 4.98. The summed E-state index contributed by atoms with van der Waals surface area (Å²) in [5.74, 6) is -20.3. The normalized spacial score (nSPS) is 15.9. The molecule has 1 unspecified atom stereocenters. The van der Waals surface area contributed by atoms with E-state index in [-0.39, 0.29) is 12.3 Å². The average molecular weight is 361 g/mol. The van der Waals surface area contributed by atoms with E-state index < -0.39 is 48.6 Å². The van der Waals surface area contributed by atoms with Crippen LogP contribution < -0.4 is 5.73 Å². The summed E-state index contributed by atoms with van der Waals surface area (Å²) in [6.07, 6.45) is -10.00. The fraction of sp³-hybridized carbons (Fsp3) is 0.917. The number of carbonyl (C=O) groups is 1. The number of nitrogens with two attached hydrogens (primary N) is 1. The fourth-order valence-corrected chi connectivity index (χ4v) is 1.77. The van der Waals surface area contributed by atoms with E-state index in [4.69, 9.17) is 5.73 Å². The highest BCUT2D eigenvalue weighted by atomic mass is 19.4. The number of alkyl halides is 9. The van der Waals surface area contributed by atoms with Gasteiger partial charge < -0.3 is 5.73 Å². The van der Waals surface area contributed by atoms with Gasteiger partial charge in [-0.25, -0.2) is 0 Å². The first kappa shape index (κ1) is 22.0. The summed E-state index contributed by atoms with van der Waals surface area (Å²) >= 11 is 0. The maximum Gasteiger partial charge on any atom is 0.460 e. The highest BCUT2D eigenvalue weighted by Gasteiger charge is 2.81. The second-order valence-electron chi connectivity index (χ2n) is 5.66. The van der Waals surface area contributed by atoms with Gasteiger partial charge in [0.15, 0.2) is 0 Å². The highest BCUT2D eigenvalue weighted by Crippen LogP contribution is 2.54. The topological polar surface area (TPSA) is 43.1 Å². The summed E-state index contributed by atoms with van der Waals surface area (Å²) in [5, 5.41) is 0. The van der Waals surface area contributed by atoms with Crippen molar-refractivity contribution in [2.45, 2.75) is 63.1 Å². The van der Waals surface area contributed by atoms with Crippen LogP contribution in [0.1, 0.15) is 33.1 Å². The van der Waals surface area contributed by atoms with Crippen LogP contribution in [0.4, 0.5) is 39.5 Å². The number of ketones is 1. The molecule has 0 aliphatic heterocycles. The molecule has 0 aliphatic rings. The van der Waals surface area contributed by atoms with E-state index in [1.807, 2.05) is 0 Å². The van der Waals surface area contributed by atoms with Crippen LogP contribution in [0.5, 0.6) is 0 Å². The number of halogens is 9. The maximum atomic E-state index is 13.3. The summed E-state index contributed by atoms with van der Waals surface area (Å²) in [7, 11) is 0. The van der Waals surface area contributed by atoms with Crippen molar-refractivity contribution in [1.82, 2.24) is 0 Å². The van der Waals surface area contributed by atoms with Gasteiger partial charge in [-0.2, -0.15) is 39.5 Å². The Hall–Kier alpha value is -1.00. The van der Waals surface area contributed by atoms with E-state index in [9.17, 15) is 44.3 Å². The van der Waals surface area contributed by atoms with Gasteiger partial charge in [0, 0.05) is 25.3 Å². The van der Waals surface area contributed by atoms with Crippen LogP contribution in [0.25, 0.3) is 0 Å². The van der Waals surface area contributed by atoms with Crippen LogP contribution in [0.15, 0.2) is 0 Å². The minimum Gasteiger partial charge on any atom is -0.327 e. The zero-order chi connectivity index (χ0) is 18.9. The van der Waals surface area contributed by atoms with Gasteiger partial charge in [-0.05, 0) is 5.92 Å². The molecule has 0 amide bonds. The van der Waals surface area contributed by atoms with E-state index >= 15 is 0 Å². The number of Topliss-reactive ketones (excluding diaryl/α,β-unsaturated/α-hetero) is 1. The second-order valence-corrected chi connectivity index (χ2v) is 5.66. The molecule has 2 nitrogen and oxygen atoms in total. The third-order valence-corrected chi connectivity index (χ3v) is 2.85. The predicted octanol–water partition coefficient (Wildman–Crippen LogP) is 4.18. The standard InChI is InChI=1S/C12H16F9NO/c1-6(2)3-8(23)4-7(22)5-9(13,14)10(15,16)11(17,18)12(19,20)21/h6-7H,3-5,22H2,1-2H3. The number of carbonyl (C=O) groups excluding carboxylic acids is 1. The minimum atomic E-state index is -6.94. The first-order valence-electron chi connectivity index (χ1n) is 6.43. The lowest BCUT2D eigenvalue weighted by Crippen LogP contribution is -2.61. The molecule has 0 aromatic rings. The first-order chi connectivity index (χ1) is 9.95. The van der Waals surface area contributed by atoms with E-state index in [1.54, 1.807) is 13.8 Å². The Bertz CT molecular complexity index is 417. The first-order valence-corrected chi connectivity index (χ1v) is 6.43. The van der Waals surface area contributed by atoms with Crippen molar-refractivity contribution in [3.63, 3.8) is 0 Å². The Morgan fingerprint density at radius 1 is 0.870 bits per heavy atom. The Morgan fingerprint density at radius 2 is 1.30 bits per heavy atom. The molecule has 0 aromatic heterocycles. The lowest BCUT2D eigenvalue weighted by molar-refractivity contribution is -0.397. The number of hydrogen-bond acceptors (Lipinski definition) is 2. The minimum absolute atomic E-state index is 0.117. The zero-order valence-electron chi connectivity index (χ0n) is 12.2. The molecule has 23 heavy (non-hydrogen) atoms. The summed E-state index contributed by atoms with van der Waals surface area (Å²) < 4.78 is 114. The fourth-order valence-electron chi connectivity index (χ4n) is 1.77. The van der Waals surface area contributed by atoms with Gasteiger partial charge in [-0.15, -0.1) is 0 Å². The van der Waals surface area contributed by atoms with Gasteiger partial charge in [0.05, 0.1) is 0 Å². The van der Waals surface area contributed by atoms with Crippen LogP contribution in [-0.2, 0) is 4.79 Å². The van der Waals surface area contributed by atoms with Crippen LogP contribution >= 0.6 is 0 Å². The molecular weight excluding hydrogens is 345 g/mol. The Labute approximate surface area is 126 Å². The molecule has 0 spiro atoms. The Morgan fingerprint density at radius 3 is 1.65 bits per heavy atom. The summed E-state index contributed by atoms with van der Waals surface area (Å²) in [4.78, 5) is 11.3. The van der Waals surface area contributed by atoms with E-state index in [0.717, 1.165) is 0 Å². The highest BCUT2D eigenvalue weighted by molar-refractivity contribution is 5.79. The van der Waals surface area contributed by atoms with Gasteiger partial charge in [-0.3, -0.25) is 4.79 Å². The molecule has 11 heteroatoms. The van der Waals surface area contributed by atoms with Crippen molar-refractivity contribution in [2.24, 2.45) is 11.7 Å². The SMILES string of the molecule is CC(C)CC(=O)CC(N)CC(F)(F)C(F)(F)C(F)(F)C(F)(F)F. The van der Waals surface area contributed by atoms with Gasteiger partial charge >= 0.3 is 23.9 Å². The van der Waals surface area contributed by atoms with E-state index in [0.29, 0.717) is 0 Å². The molecule has 138 valence electrons. The predicted molar refractivity (Wildman–Crippen MR) is 62.6 cm³/mol. The van der Waals surface area contributed by atoms with Crippen LogP contribution in [0.3, 0.4) is 0 Å². The molecular formula is C12H16F9NO. The molecule has 0 aromatic carbocycles. The lowest BCUT2D eigenvalue weighted by Gasteiger charge is -2.34. The molecule has 0 heterocycles. The van der Waals surface area contributed by atoms with Gasteiger partial charge in [0.25, 0.3) is 0 Å². The summed E-state index contributed by atoms with van der Waals surface area (Å²) in [6, 6.07) is -1.98. The quantitative estimate of drug-likeness (QED) is 0.659. The monoisotopic (exact) mass is 361 g/mol. The zero-order valence-corrected chi connectivity index (χ0v) is 12.2. The smallest absolute Gasteiger partial charge is 0.327 e. The molecule has 0 aliphatic carbocycles. The Balaban J connectivity index is 5.14. The maximum absolute atomic E-state index is 13.3. The van der Waals surface area contributed by atoms with Crippen molar-refractivity contribution in [1.29, 1.82) is 0 Å². The summed E-state index contributed by atoms with van der Waals surface area (Å²) in [5.41, 5.74) is 5.03. The van der Waals surface area contributed by atoms with E-state index in [1.165, 1.54) is 0 Å². The number of rotatable bonds is 8. The Kier molecular flexibility index (Phi) is 6.56. The van der Waals surface area contributed by atoms with Crippen LogP contribution in [0.2, 0.25) is 0 Å². The van der Waals surface area contributed by atoms with Crippen molar-refractivity contribution >= 4 is 5.78 Å². The van der Waals surface area contributed by atoms with Gasteiger partial charge in [0.1, 0.15) is 5.78 Å². The molecule has 0 saturated heterocycles. The summed E-state index contributed by atoms with van der Waals surface area (Å²) in [6.45, 7) is 3.19. The molecule has 0 saturated carbocycles. The second kappa shape index (κ2) is 6.86. The van der Waals surface area contributed by atoms with Crippen molar-refractivity contribution < 1.29 is 44.3 Å².